The number of benzene rings is 1. The first-order valence-corrected chi connectivity index (χ1v) is 6.99. The summed E-state index contributed by atoms with van der Waals surface area (Å²) in [5.41, 5.74) is 3.50. The van der Waals surface area contributed by atoms with E-state index in [0.717, 1.165) is 16.9 Å². The normalized spacial score (nSPS) is 12.4. The van der Waals surface area contributed by atoms with Crippen molar-refractivity contribution in [3.8, 4) is 16.9 Å². The molecule has 3 heteroatoms. The average molecular weight is 270 g/mol. The molecule has 0 aliphatic rings. The maximum atomic E-state index is 5.68. The number of rotatable bonds is 5. The summed E-state index contributed by atoms with van der Waals surface area (Å²) in [6.07, 6.45) is 3.77. The van der Waals surface area contributed by atoms with Gasteiger partial charge in [0.2, 0.25) is 0 Å². The number of hydrogen-bond acceptors (Lipinski definition) is 3. The first-order chi connectivity index (χ1) is 9.60. The van der Waals surface area contributed by atoms with Crippen LogP contribution in [-0.4, -0.2) is 18.1 Å². The molecule has 1 aromatic heterocycles. The molecule has 1 aromatic carbocycles. The first kappa shape index (κ1) is 14.5. The lowest BCUT2D eigenvalue weighted by Crippen LogP contribution is -2.11. The van der Waals surface area contributed by atoms with Crippen LogP contribution in [0, 0.1) is 0 Å². The van der Waals surface area contributed by atoms with Crippen molar-refractivity contribution in [1.82, 2.24) is 10.3 Å². The summed E-state index contributed by atoms with van der Waals surface area (Å²) in [5.74, 6) is 0.810. The molecular weight excluding hydrogens is 248 g/mol. The zero-order valence-corrected chi connectivity index (χ0v) is 12.6. The molecule has 0 bridgehead atoms. The van der Waals surface area contributed by atoms with Crippen molar-refractivity contribution >= 4 is 0 Å². The highest BCUT2D eigenvalue weighted by molar-refractivity contribution is 5.64. The molecule has 1 N–H and O–H groups in total. The Bertz CT molecular complexity index is 549. The summed E-state index contributed by atoms with van der Waals surface area (Å²) < 4.78 is 5.68. The second kappa shape index (κ2) is 6.53. The fourth-order valence-electron chi connectivity index (χ4n) is 2.04. The highest BCUT2D eigenvalue weighted by Crippen LogP contribution is 2.24. The number of pyridine rings is 1. The fourth-order valence-corrected chi connectivity index (χ4v) is 2.04. The van der Waals surface area contributed by atoms with E-state index in [1.54, 1.807) is 6.20 Å². The fraction of sp³-hybridized carbons (Fsp3) is 0.353. The summed E-state index contributed by atoms with van der Waals surface area (Å²) in [6.45, 7) is 6.18. The van der Waals surface area contributed by atoms with Crippen LogP contribution in [0.25, 0.3) is 11.1 Å². The molecule has 0 radical (unpaired) electrons. The molecule has 0 fully saturated rings. The largest absolute Gasteiger partial charge is 0.489 e. The van der Waals surface area contributed by atoms with E-state index in [1.165, 1.54) is 5.56 Å². The predicted molar refractivity (Wildman–Crippen MR) is 82.9 cm³/mol. The molecule has 1 heterocycles. The van der Waals surface area contributed by atoms with Crippen LogP contribution in [0.5, 0.6) is 5.75 Å². The lowest BCUT2D eigenvalue weighted by molar-refractivity contribution is 0.241. The van der Waals surface area contributed by atoms with Gasteiger partial charge in [-0.2, -0.15) is 0 Å². The van der Waals surface area contributed by atoms with Gasteiger partial charge in [0.15, 0.2) is 0 Å². The lowest BCUT2D eigenvalue weighted by Gasteiger charge is -2.12. The highest BCUT2D eigenvalue weighted by Gasteiger charge is 2.05. The van der Waals surface area contributed by atoms with E-state index in [2.05, 4.69) is 41.5 Å². The minimum Gasteiger partial charge on any atom is -0.489 e. The zero-order valence-electron chi connectivity index (χ0n) is 12.6. The SMILES string of the molecule is CNC(C)c1ccc(-c2cncc(OC(C)C)c2)cc1. The molecular formula is C17H22N2O. The van der Waals surface area contributed by atoms with Gasteiger partial charge in [-0.05, 0) is 45.0 Å². The van der Waals surface area contributed by atoms with Crippen molar-refractivity contribution in [2.75, 3.05) is 7.05 Å². The lowest BCUT2D eigenvalue weighted by atomic mass is 10.0. The van der Waals surface area contributed by atoms with Gasteiger partial charge in [-0.3, -0.25) is 4.98 Å². The van der Waals surface area contributed by atoms with Gasteiger partial charge in [0, 0.05) is 17.8 Å². The van der Waals surface area contributed by atoms with E-state index in [1.807, 2.05) is 33.2 Å². The molecule has 20 heavy (non-hydrogen) atoms. The Morgan fingerprint density at radius 2 is 1.70 bits per heavy atom. The number of hydrogen-bond donors (Lipinski definition) is 1. The quantitative estimate of drug-likeness (QED) is 0.897. The second-order valence-electron chi connectivity index (χ2n) is 5.21. The van der Waals surface area contributed by atoms with E-state index in [9.17, 15) is 0 Å². The van der Waals surface area contributed by atoms with Crippen molar-refractivity contribution in [1.29, 1.82) is 0 Å². The Labute approximate surface area is 121 Å². The van der Waals surface area contributed by atoms with Crippen molar-refractivity contribution in [3.63, 3.8) is 0 Å². The minimum atomic E-state index is 0.158. The Morgan fingerprint density at radius 1 is 1.00 bits per heavy atom. The molecule has 0 spiro atoms. The third kappa shape index (κ3) is 3.58. The van der Waals surface area contributed by atoms with Crippen LogP contribution in [0.15, 0.2) is 42.7 Å². The van der Waals surface area contributed by atoms with Crippen LogP contribution < -0.4 is 10.1 Å². The Hall–Kier alpha value is -1.87. The minimum absolute atomic E-state index is 0.158. The molecule has 0 aliphatic heterocycles. The van der Waals surface area contributed by atoms with Crippen LogP contribution in [-0.2, 0) is 0 Å². The summed E-state index contributed by atoms with van der Waals surface area (Å²) in [4.78, 5) is 4.25. The molecule has 2 rings (SSSR count). The van der Waals surface area contributed by atoms with Gasteiger partial charge in [0.1, 0.15) is 5.75 Å². The van der Waals surface area contributed by atoms with Gasteiger partial charge < -0.3 is 10.1 Å². The van der Waals surface area contributed by atoms with Crippen LogP contribution in [0.1, 0.15) is 32.4 Å². The van der Waals surface area contributed by atoms with Gasteiger partial charge in [-0.25, -0.2) is 0 Å². The summed E-state index contributed by atoms with van der Waals surface area (Å²) >= 11 is 0. The standard InChI is InChI=1S/C17H22N2O/c1-12(2)20-17-9-16(10-19-11-17)15-7-5-14(6-8-15)13(3)18-4/h5-13,18H,1-4H3. The predicted octanol–water partition coefficient (Wildman–Crippen LogP) is 3.82. The van der Waals surface area contributed by atoms with E-state index in [-0.39, 0.29) is 6.10 Å². The third-order valence-corrected chi connectivity index (χ3v) is 3.26. The molecule has 3 nitrogen and oxygen atoms in total. The topological polar surface area (TPSA) is 34.2 Å². The number of aromatic nitrogens is 1. The van der Waals surface area contributed by atoms with Crippen LogP contribution in [0.4, 0.5) is 0 Å². The summed E-state index contributed by atoms with van der Waals surface area (Å²) in [5, 5.41) is 3.24. The number of nitrogens with one attached hydrogen (secondary N) is 1. The molecule has 1 atom stereocenters. The Morgan fingerprint density at radius 3 is 2.30 bits per heavy atom. The molecule has 1 unspecified atom stereocenters. The van der Waals surface area contributed by atoms with Crippen molar-refractivity contribution in [2.24, 2.45) is 0 Å². The average Bonchev–Trinajstić information content (AvgIpc) is 2.46. The van der Waals surface area contributed by atoms with Crippen LogP contribution in [0.3, 0.4) is 0 Å². The van der Waals surface area contributed by atoms with Crippen molar-refractivity contribution in [3.05, 3.63) is 48.3 Å². The number of nitrogens with zero attached hydrogens (tertiary/aromatic N) is 1. The van der Waals surface area contributed by atoms with E-state index >= 15 is 0 Å². The third-order valence-electron chi connectivity index (χ3n) is 3.26. The molecule has 0 aliphatic carbocycles. The Kier molecular flexibility index (Phi) is 4.74. The Balaban J connectivity index is 2.23. The summed E-state index contributed by atoms with van der Waals surface area (Å²) in [6, 6.07) is 10.9. The number of ether oxygens (including phenoxy) is 1. The smallest absolute Gasteiger partial charge is 0.138 e. The van der Waals surface area contributed by atoms with Gasteiger partial charge in [-0.1, -0.05) is 24.3 Å². The van der Waals surface area contributed by atoms with E-state index in [4.69, 9.17) is 4.74 Å². The van der Waals surface area contributed by atoms with Crippen LogP contribution >= 0.6 is 0 Å². The monoisotopic (exact) mass is 270 g/mol. The zero-order chi connectivity index (χ0) is 14.5. The maximum absolute atomic E-state index is 5.68. The highest BCUT2D eigenvalue weighted by atomic mass is 16.5. The van der Waals surface area contributed by atoms with E-state index < -0.39 is 0 Å². The van der Waals surface area contributed by atoms with Gasteiger partial charge >= 0.3 is 0 Å². The van der Waals surface area contributed by atoms with Crippen LogP contribution in [0.2, 0.25) is 0 Å². The van der Waals surface area contributed by atoms with Crippen molar-refractivity contribution < 1.29 is 4.74 Å². The first-order valence-electron chi connectivity index (χ1n) is 6.99. The maximum Gasteiger partial charge on any atom is 0.138 e. The molecule has 0 saturated carbocycles. The molecule has 2 aromatic rings. The van der Waals surface area contributed by atoms with Gasteiger partial charge in [-0.15, -0.1) is 0 Å². The van der Waals surface area contributed by atoms with Crippen molar-refractivity contribution in [2.45, 2.75) is 32.9 Å². The molecule has 0 saturated heterocycles. The summed E-state index contributed by atoms with van der Waals surface area (Å²) in [7, 11) is 1.97. The van der Waals surface area contributed by atoms with E-state index in [0.29, 0.717) is 6.04 Å². The van der Waals surface area contributed by atoms with Gasteiger partial charge in [0.25, 0.3) is 0 Å². The molecule has 106 valence electrons. The molecule has 0 amide bonds. The second-order valence-corrected chi connectivity index (χ2v) is 5.21. The van der Waals surface area contributed by atoms with Gasteiger partial charge in [0.05, 0.1) is 12.3 Å².